The molecule has 0 unspecified atom stereocenters. The van der Waals surface area contributed by atoms with Crippen LogP contribution in [0.3, 0.4) is 0 Å². The zero-order valence-electron chi connectivity index (χ0n) is 14.9. The first kappa shape index (κ1) is 18.1. The Kier molecular flexibility index (Phi) is 5.99. The minimum absolute atomic E-state index is 0.0120. The molecule has 1 saturated heterocycles. The van der Waals surface area contributed by atoms with E-state index in [-0.39, 0.29) is 30.8 Å². The maximum absolute atomic E-state index is 12.2. The van der Waals surface area contributed by atoms with Gasteiger partial charge in [-0.1, -0.05) is 12.1 Å². The van der Waals surface area contributed by atoms with Crippen LogP contribution in [-0.2, 0) is 14.3 Å². The Morgan fingerprint density at radius 3 is 2.62 bits per heavy atom. The zero-order valence-corrected chi connectivity index (χ0v) is 14.9. The number of carbonyl (C=O) groups excluding carboxylic acids is 2. The van der Waals surface area contributed by atoms with Crippen LogP contribution in [0.25, 0.3) is 11.0 Å². The number of hydrogen-bond acceptors (Lipinski definition) is 6. The molecule has 0 bridgehead atoms. The first-order chi connectivity index (χ1) is 12.7. The van der Waals surface area contributed by atoms with Crippen molar-refractivity contribution >= 4 is 22.9 Å². The molecule has 2 heterocycles. The number of esters is 1. The monoisotopic (exact) mass is 357 g/mol. The molecule has 1 aromatic heterocycles. The van der Waals surface area contributed by atoms with Gasteiger partial charge in [-0.05, 0) is 19.1 Å². The van der Waals surface area contributed by atoms with Gasteiger partial charge >= 0.3 is 5.97 Å². The fourth-order valence-electron chi connectivity index (χ4n) is 2.99. The first-order valence-corrected chi connectivity index (χ1v) is 8.97. The van der Waals surface area contributed by atoms with Crippen LogP contribution in [0.2, 0.25) is 0 Å². The van der Waals surface area contributed by atoms with Gasteiger partial charge in [-0.2, -0.15) is 0 Å². The van der Waals surface area contributed by atoms with Crippen LogP contribution in [0, 0.1) is 0 Å². The summed E-state index contributed by atoms with van der Waals surface area (Å²) in [6, 6.07) is 7.65. The van der Waals surface area contributed by atoms with E-state index in [1.165, 1.54) is 0 Å². The van der Waals surface area contributed by atoms with E-state index < -0.39 is 0 Å². The minimum atomic E-state index is -0.325. The number of carbonyl (C=O) groups is 2. The highest BCUT2D eigenvalue weighted by molar-refractivity contribution is 5.81. The summed E-state index contributed by atoms with van der Waals surface area (Å²) in [7, 11) is 0. The van der Waals surface area contributed by atoms with Crippen molar-refractivity contribution in [2.45, 2.75) is 38.7 Å². The maximum Gasteiger partial charge on any atom is 0.306 e. The van der Waals surface area contributed by atoms with Crippen molar-refractivity contribution in [3.05, 3.63) is 30.5 Å². The van der Waals surface area contributed by atoms with Gasteiger partial charge in [0.2, 0.25) is 11.8 Å². The highest BCUT2D eigenvalue weighted by Crippen LogP contribution is 2.19. The summed E-state index contributed by atoms with van der Waals surface area (Å²) in [5, 5.41) is 0. The number of piperidine rings is 1. The van der Waals surface area contributed by atoms with Crippen molar-refractivity contribution in [1.82, 2.24) is 14.9 Å². The van der Waals surface area contributed by atoms with E-state index in [4.69, 9.17) is 9.47 Å². The molecule has 26 heavy (non-hydrogen) atoms. The number of nitrogens with zero attached hydrogens (tertiary/aromatic N) is 3. The number of likely N-dealkylation sites (tertiary alicyclic amines) is 1. The lowest BCUT2D eigenvalue weighted by atomic mass is 10.1. The molecule has 3 rings (SSSR count). The standard InChI is InChI=1S/C19H23N3O4/c1-2-25-19(24)8-7-18(23)22-11-9-14(10-12-22)26-17-13-20-15-5-3-4-6-16(15)21-17/h3-6,13-14H,2,7-12H2,1H3. The van der Waals surface area contributed by atoms with Crippen molar-refractivity contribution in [2.75, 3.05) is 19.7 Å². The zero-order chi connectivity index (χ0) is 18.4. The van der Waals surface area contributed by atoms with Crippen molar-refractivity contribution < 1.29 is 19.1 Å². The Balaban J connectivity index is 1.47. The van der Waals surface area contributed by atoms with E-state index in [9.17, 15) is 9.59 Å². The van der Waals surface area contributed by atoms with Crippen LogP contribution >= 0.6 is 0 Å². The smallest absolute Gasteiger partial charge is 0.306 e. The average Bonchev–Trinajstić information content (AvgIpc) is 2.67. The molecule has 7 nitrogen and oxygen atoms in total. The number of aromatic nitrogens is 2. The van der Waals surface area contributed by atoms with E-state index >= 15 is 0 Å². The van der Waals surface area contributed by atoms with Gasteiger partial charge in [0.1, 0.15) is 6.10 Å². The molecule has 2 aromatic rings. The van der Waals surface area contributed by atoms with Crippen LogP contribution in [0.5, 0.6) is 5.88 Å². The van der Waals surface area contributed by atoms with Gasteiger partial charge in [-0.25, -0.2) is 9.97 Å². The molecule has 1 aliphatic heterocycles. The molecule has 1 aliphatic rings. The van der Waals surface area contributed by atoms with Gasteiger partial charge in [-0.15, -0.1) is 0 Å². The first-order valence-electron chi connectivity index (χ1n) is 8.97. The Bertz CT molecular complexity index is 772. The maximum atomic E-state index is 12.2. The topological polar surface area (TPSA) is 81.6 Å². The molecule has 0 aliphatic carbocycles. The van der Waals surface area contributed by atoms with Gasteiger partial charge in [0, 0.05) is 32.4 Å². The summed E-state index contributed by atoms with van der Waals surface area (Å²) < 4.78 is 10.8. The van der Waals surface area contributed by atoms with Crippen LogP contribution < -0.4 is 4.74 Å². The number of fused-ring (bicyclic) bond motifs is 1. The van der Waals surface area contributed by atoms with Crippen molar-refractivity contribution in [1.29, 1.82) is 0 Å². The predicted octanol–water partition coefficient (Wildman–Crippen LogP) is 2.34. The summed E-state index contributed by atoms with van der Waals surface area (Å²) in [5.41, 5.74) is 1.64. The fraction of sp³-hybridized carbons (Fsp3) is 0.474. The SMILES string of the molecule is CCOC(=O)CCC(=O)N1CCC(Oc2cnc3ccccc3n2)CC1. The molecule has 7 heteroatoms. The molecule has 1 fully saturated rings. The Morgan fingerprint density at radius 2 is 1.88 bits per heavy atom. The molecule has 1 amide bonds. The van der Waals surface area contributed by atoms with E-state index in [2.05, 4.69) is 9.97 Å². The largest absolute Gasteiger partial charge is 0.473 e. The van der Waals surface area contributed by atoms with E-state index in [1.807, 2.05) is 24.3 Å². The van der Waals surface area contributed by atoms with Gasteiger partial charge in [0.25, 0.3) is 0 Å². The molecule has 138 valence electrons. The number of benzene rings is 1. The van der Waals surface area contributed by atoms with Gasteiger partial charge in [-0.3, -0.25) is 9.59 Å². The van der Waals surface area contributed by atoms with Gasteiger partial charge in [0.15, 0.2) is 0 Å². The third-order valence-corrected chi connectivity index (χ3v) is 4.36. The van der Waals surface area contributed by atoms with E-state index in [0.29, 0.717) is 25.6 Å². The summed E-state index contributed by atoms with van der Waals surface area (Å²) in [4.78, 5) is 34.1. The second kappa shape index (κ2) is 8.60. The Labute approximate surface area is 152 Å². The lowest BCUT2D eigenvalue weighted by Crippen LogP contribution is -2.42. The second-order valence-corrected chi connectivity index (χ2v) is 6.20. The van der Waals surface area contributed by atoms with Crippen LogP contribution in [0.15, 0.2) is 30.5 Å². The molecule has 0 radical (unpaired) electrons. The van der Waals surface area contributed by atoms with Gasteiger partial charge < -0.3 is 14.4 Å². The molecule has 0 spiro atoms. The molecule has 0 saturated carbocycles. The fourth-order valence-corrected chi connectivity index (χ4v) is 2.99. The summed E-state index contributed by atoms with van der Waals surface area (Å²) >= 11 is 0. The minimum Gasteiger partial charge on any atom is -0.473 e. The van der Waals surface area contributed by atoms with Crippen molar-refractivity contribution in [3.8, 4) is 5.88 Å². The second-order valence-electron chi connectivity index (χ2n) is 6.20. The number of hydrogen-bond donors (Lipinski definition) is 0. The number of ether oxygens (including phenoxy) is 2. The van der Waals surface area contributed by atoms with Crippen LogP contribution in [0.4, 0.5) is 0 Å². The highest BCUT2D eigenvalue weighted by atomic mass is 16.5. The Hall–Kier alpha value is -2.70. The normalized spacial score (nSPS) is 15.0. The van der Waals surface area contributed by atoms with E-state index in [1.54, 1.807) is 18.0 Å². The average molecular weight is 357 g/mol. The number of amides is 1. The molecule has 0 atom stereocenters. The van der Waals surface area contributed by atoms with Crippen molar-refractivity contribution in [2.24, 2.45) is 0 Å². The van der Waals surface area contributed by atoms with Crippen LogP contribution in [-0.4, -0.2) is 52.5 Å². The third-order valence-electron chi connectivity index (χ3n) is 4.36. The molecule has 0 N–H and O–H groups in total. The van der Waals surface area contributed by atoms with Crippen molar-refractivity contribution in [3.63, 3.8) is 0 Å². The van der Waals surface area contributed by atoms with Crippen LogP contribution in [0.1, 0.15) is 32.6 Å². The highest BCUT2D eigenvalue weighted by Gasteiger charge is 2.24. The summed E-state index contributed by atoms with van der Waals surface area (Å²) in [6.07, 6.45) is 3.45. The Morgan fingerprint density at radius 1 is 1.15 bits per heavy atom. The molecular formula is C19H23N3O4. The number of para-hydroxylation sites is 2. The quantitative estimate of drug-likeness (QED) is 0.738. The summed E-state index contributed by atoms with van der Waals surface area (Å²) in [6.45, 7) is 3.33. The summed E-state index contributed by atoms with van der Waals surface area (Å²) in [5.74, 6) is 0.173. The van der Waals surface area contributed by atoms with Gasteiger partial charge in [0.05, 0.1) is 30.3 Å². The predicted molar refractivity (Wildman–Crippen MR) is 95.6 cm³/mol. The lowest BCUT2D eigenvalue weighted by molar-refractivity contribution is -0.146. The third kappa shape index (κ3) is 4.68. The molecular weight excluding hydrogens is 334 g/mol. The van der Waals surface area contributed by atoms with E-state index in [0.717, 1.165) is 23.9 Å². The lowest BCUT2D eigenvalue weighted by Gasteiger charge is -2.31. The molecule has 1 aromatic carbocycles. The number of rotatable bonds is 6.